The number of carbonyl (C=O) groups is 1. The van der Waals surface area contributed by atoms with Crippen molar-refractivity contribution in [3.05, 3.63) is 21.9 Å². The highest BCUT2D eigenvalue weighted by atomic mass is 32.1. The number of rotatable bonds is 4. The molecule has 0 aromatic carbocycles. The molecule has 1 saturated heterocycles. The van der Waals surface area contributed by atoms with Gasteiger partial charge in [0.15, 0.2) is 0 Å². The Hall–Kier alpha value is -0.870. The number of thiophene rings is 1. The maximum atomic E-state index is 12.6. The second-order valence-corrected chi connectivity index (χ2v) is 5.69. The van der Waals surface area contributed by atoms with Crippen molar-refractivity contribution < 1.29 is 4.79 Å². The molecule has 1 amide bonds. The molecule has 1 aromatic rings. The van der Waals surface area contributed by atoms with E-state index < -0.39 is 0 Å². The smallest absolute Gasteiger partial charge is 0.255 e. The third-order valence-electron chi connectivity index (χ3n) is 3.56. The molecule has 1 aromatic heterocycles. The average Bonchev–Trinajstić information content (AvgIpc) is 2.82. The van der Waals surface area contributed by atoms with Crippen LogP contribution >= 0.6 is 11.3 Å². The van der Waals surface area contributed by atoms with Crippen molar-refractivity contribution in [3.63, 3.8) is 0 Å². The molecule has 18 heavy (non-hydrogen) atoms. The van der Waals surface area contributed by atoms with Crippen molar-refractivity contribution in [2.75, 3.05) is 19.6 Å². The summed E-state index contributed by atoms with van der Waals surface area (Å²) >= 11 is 1.62. The minimum atomic E-state index is 0.225. The number of nitrogens with zero attached hydrogens (tertiary/aromatic N) is 1. The van der Waals surface area contributed by atoms with Crippen molar-refractivity contribution in [3.8, 4) is 0 Å². The van der Waals surface area contributed by atoms with Crippen LogP contribution in [-0.2, 0) is 0 Å². The molecular formula is C14H22N2OS. The van der Waals surface area contributed by atoms with Gasteiger partial charge in [-0.3, -0.25) is 4.79 Å². The SMILES string of the molecule is CCCN(C(=O)c1cscc1C)C1CCNCC1. The van der Waals surface area contributed by atoms with E-state index in [0.717, 1.165) is 50.0 Å². The molecule has 0 atom stereocenters. The predicted octanol–water partition coefficient (Wildman–Crippen LogP) is 2.66. The molecule has 2 rings (SSSR count). The zero-order chi connectivity index (χ0) is 13.0. The lowest BCUT2D eigenvalue weighted by molar-refractivity contribution is 0.0642. The lowest BCUT2D eigenvalue weighted by atomic mass is 10.0. The third-order valence-corrected chi connectivity index (χ3v) is 4.42. The molecule has 0 bridgehead atoms. The van der Waals surface area contributed by atoms with E-state index >= 15 is 0 Å². The van der Waals surface area contributed by atoms with Crippen molar-refractivity contribution in [1.82, 2.24) is 10.2 Å². The molecule has 1 N–H and O–H groups in total. The molecule has 0 aliphatic carbocycles. The molecule has 0 unspecified atom stereocenters. The van der Waals surface area contributed by atoms with Gasteiger partial charge in [0.2, 0.25) is 0 Å². The number of amides is 1. The summed E-state index contributed by atoms with van der Waals surface area (Å²) in [5.41, 5.74) is 2.01. The molecule has 1 aliphatic rings. The number of hydrogen-bond acceptors (Lipinski definition) is 3. The topological polar surface area (TPSA) is 32.3 Å². The highest BCUT2D eigenvalue weighted by Gasteiger charge is 2.26. The Balaban J connectivity index is 2.13. The van der Waals surface area contributed by atoms with E-state index in [1.807, 2.05) is 12.3 Å². The van der Waals surface area contributed by atoms with Gasteiger partial charge in [0, 0.05) is 18.0 Å². The summed E-state index contributed by atoms with van der Waals surface area (Å²) in [6.07, 6.45) is 3.18. The van der Waals surface area contributed by atoms with Gasteiger partial charge in [-0.15, -0.1) is 0 Å². The molecule has 100 valence electrons. The molecule has 4 heteroatoms. The molecule has 1 aliphatic heterocycles. The van der Waals surface area contributed by atoms with Crippen LogP contribution in [0.3, 0.4) is 0 Å². The van der Waals surface area contributed by atoms with E-state index in [2.05, 4.69) is 22.5 Å². The van der Waals surface area contributed by atoms with Gasteiger partial charge in [0.1, 0.15) is 0 Å². The number of hydrogen-bond donors (Lipinski definition) is 1. The molecule has 0 spiro atoms. The zero-order valence-electron chi connectivity index (χ0n) is 11.2. The Morgan fingerprint density at radius 1 is 1.44 bits per heavy atom. The predicted molar refractivity (Wildman–Crippen MR) is 76.3 cm³/mol. The molecule has 0 radical (unpaired) electrons. The number of piperidine rings is 1. The number of nitrogens with one attached hydrogen (secondary N) is 1. The first kappa shape index (κ1) is 13.6. The fourth-order valence-corrected chi connectivity index (χ4v) is 3.37. The summed E-state index contributed by atoms with van der Waals surface area (Å²) in [5, 5.41) is 7.40. The van der Waals surface area contributed by atoms with E-state index in [1.165, 1.54) is 0 Å². The molecule has 2 heterocycles. The maximum absolute atomic E-state index is 12.6. The average molecular weight is 266 g/mol. The highest BCUT2D eigenvalue weighted by molar-refractivity contribution is 7.08. The van der Waals surface area contributed by atoms with Crippen LogP contribution in [0.2, 0.25) is 0 Å². The van der Waals surface area contributed by atoms with E-state index in [4.69, 9.17) is 0 Å². The van der Waals surface area contributed by atoms with Gasteiger partial charge in [-0.05, 0) is 50.2 Å². The Labute approximate surface area is 113 Å². The molecular weight excluding hydrogens is 244 g/mol. The first-order valence-electron chi connectivity index (χ1n) is 6.78. The molecule has 3 nitrogen and oxygen atoms in total. The van der Waals surface area contributed by atoms with Crippen LogP contribution in [0.1, 0.15) is 42.1 Å². The monoisotopic (exact) mass is 266 g/mol. The van der Waals surface area contributed by atoms with E-state index in [0.29, 0.717) is 6.04 Å². The minimum Gasteiger partial charge on any atom is -0.336 e. The molecule has 0 saturated carbocycles. The van der Waals surface area contributed by atoms with Gasteiger partial charge >= 0.3 is 0 Å². The second kappa shape index (κ2) is 6.34. The first-order valence-corrected chi connectivity index (χ1v) is 7.72. The van der Waals surface area contributed by atoms with Crippen LogP contribution in [0.25, 0.3) is 0 Å². The van der Waals surface area contributed by atoms with E-state index in [1.54, 1.807) is 11.3 Å². The maximum Gasteiger partial charge on any atom is 0.255 e. The van der Waals surface area contributed by atoms with E-state index in [-0.39, 0.29) is 5.91 Å². The highest BCUT2D eigenvalue weighted by Crippen LogP contribution is 2.20. The number of aryl methyl sites for hydroxylation is 1. The second-order valence-electron chi connectivity index (χ2n) is 4.95. The quantitative estimate of drug-likeness (QED) is 0.908. The molecule has 1 fully saturated rings. The first-order chi connectivity index (χ1) is 8.74. The van der Waals surface area contributed by atoms with Gasteiger partial charge in [-0.25, -0.2) is 0 Å². The minimum absolute atomic E-state index is 0.225. The van der Waals surface area contributed by atoms with Gasteiger partial charge in [-0.2, -0.15) is 11.3 Å². The largest absolute Gasteiger partial charge is 0.336 e. The zero-order valence-corrected chi connectivity index (χ0v) is 12.1. The fraction of sp³-hybridized carbons (Fsp3) is 0.643. The Bertz CT molecular complexity index is 396. The summed E-state index contributed by atoms with van der Waals surface area (Å²) < 4.78 is 0. The summed E-state index contributed by atoms with van der Waals surface area (Å²) in [6.45, 7) is 7.10. The van der Waals surface area contributed by atoms with Crippen LogP contribution in [0.15, 0.2) is 10.8 Å². The lowest BCUT2D eigenvalue weighted by Gasteiger charge is -2.34. The standard InChI is InChI=1S/C14H22N2OS/c1-3-8-16(12-4-6-15-7-5-12)14(17)13-10-18-9-11(13)2/h9-10,12,15H,3-8H2,1-2H3. The van der Waals surface area contributed by atoms with E-state index in [9.17, 15) is 4.79 Å². The Morgan fingerprint density at radius 2 is 2.17 bits per heavy atom. The fourth-order valence-electron chi connectivity index (χ4n) is 2.54. The van der Waals surface area contributed by atoms with Crippen LogP contribution in [-0.4, -0.2) is 36.5 Å². The lowest BCUT2D eigenvalue weighted by Crippen LogP contribution is -2.46. The van der Waals surface area contributed by atoms with Gasteiger partial charge in [0.25, 0.3) is 5.91 Å². The summed E-state index contributed by atoms with van der Waals surface area (Å²) in [4.78, 5) is 14.7. The van der Waals surface area contributed by atoms with Crippen molar-refractivity contribution in [2.45, 2.75) is 39.2 Å². The third kappa shape index (κ3) is 2.93. The summed E-state index contributed by atoms with van der Waals surface area (Å²) in [6, 6.07) is 0.415. The normalized spacial score (nSPS) is 16.8. The van der Waals surface area contributed by atoms with Crippen LogP contribution in [0, 0.1) is 6.92 Å². The van der Waals surface area contributed by atoms with Gasteiger partial charge in [-0.1, -0.05) is 6.92 Å². The van der Waals surface area contributed by atoms with Crippen LogP contribution in [0.5, 0.6) is 0 Å². The Kier molecular flexibility index (Phi) is 4.78. The van der Waals surface area contributed by atoms with Crippen LogP contribution < -0.4 is 5.32 Å². The van der Waals surface area contributed by atoms with Crippen LogP contribution in [0.4, 0.5) is 0 Å². The number of carbonyl (C=O) groups excluding carboxylic acids is 1. The van der Waals surface area contributed by atoms with Crippen molar-refractivity contribution in [2.24, 2.45) is 0 Å². The van der Waals surface area contributed by atoms with Gasteiger partial charge in [0.05, 0.1) is 5.56 Å². The van der Waals surface area contributed by atoms with Gasteiger partial charge < -0.3 is 10.2 Å². The van der Waals surface area contributed by atoms with Crippen molar-refractivity contribution in [1.29, 1.82) is 0 Å². The summed E-state index contributed by atoms with van der Waals surface area (Å²) in [7, 11) is 0. The Morgan fingerprint density at radius 3 is 2.72 bits per heavy atom. The summed E-state index contributed by atoms with van der Waals surface area (Å²) in [5.74, 6) is 0.225. The van der Waals surface area contributed by atoms with Crippen molar-refractivity contribution >= 4 is 17.2 Å².